The standard InChI is InChI=1S/C4H10B2/c1-4(6)2-3-5/h1-3,5-6H2. The Labute approximate surface area is 41.4 Å². The lowest BCUT2D eigenvalue weighted by Crippen LogP contribution is -1.75. The van der Waals surface area contributed by atoms with E-state index in [4.69, 9.17) is 0 Å². The molecule has 0 aromatic carbocycles. The highest BCUT2D eigenvalue weighted by Gasteiger charge is 1.76. The van der Waals surface area contributed by atoms with Gasteiger partial charge >= 0.3 is 0 Å². The molecule has 0 aliphatic heterocycles. The molecule has 0 aromatic heterocycles. The zero-order valence-corrected chi connectivity index (χ0v) is 4.62. The lowest BCUT2D eigenvalue weighted by Gasteiger charge is -1.87. The van der Waals surface area contributed by atoms with Crippen molar-refractivity contribution >= 4 is 15.7 Å². The van der Waals surface area contributed by atoms with Gasteiger partial charge in [-0.3, -0.25) is 0 Å². The largest absolute Gasteiger partial charge is 0.133 e. The predicted octanol–water partition coefficient (Wildman–Crippen LogP) is -0.425. The minimum Gasteiger partial charge on any atom is -0.118 e. The van der Waals surface area contributed by atoms with Crippen LogP contribution in [-0.2, 0) is 0 Å². The van der Waals surface area contributed by atoms with E-state index in [9.17, 15) is 0 Å². The second-order valence-electron chi connectivity index (χ2n) is 1.71. The topological polar surface area (TPSA) is 0 Å². The van der Waals surface area contributed by atoms with E-state index < -0.39 is 0 Å². The Balaban J connectivity index is 2.83. The first kappa shape index (κ1) is 5.87. The summed E-state index contributed by atoms with van der Waals surface area (Å²) in [6.07, 6.45) is 2.41. The van der Waals surface area contributed by atoms with Crippen LogP contribution in [0.5, 0.6) is 0 Å². The van der Waals surface area contributed by atoms with Gasteiger partial charge in [0.1, 0.15) is 15.7 Å². The van der Waals surface area contributed by atoms with E-state index in [2.05, 4.69) is 22.3 Å². The Morgan fingerprint density at radius 3 is 2.17 bits per heavy atom. The molecule has 0 aliphatic rings. The maximum Gasteiger partial charge on any atom is 0.133 e. The molecule has 0 bridgehead atoms. The lowest BCUT2D eigenvalue weighted by molar-refractivity contribution is 1.19. The minimum absolute atomic E-state index is 1.18. The van der Waals surface area contributed by atoms with Crippen LogP contribution in [0, 0.1) is 0 Å². The molecule has 0 spiro atoms. The molecule has 2 heteroatoms. The number of hydrogen-bond acceptors (Lipinski definition) is 0. The van der Waals surface area contributed by atoms with Crippen molar-refractivity contribution in [2.24, 2.45) is 0 Å². The first-order valence-corrected chi connectivity index (χ1v) is 2.41. The van der Waals surface area contributed by atoms with Gasteiger partial charge in [0.2, 0.25) is 0 Å². The molecule has 32 valence electrons. The second-order valence-corrected chi connectivity index (χ2v) is 1.71. The van der Waals surface area contributed by atoms with Gasteiger partial charge in [-0.25, -0.2) is 0 Å². The molecule has 0 aliphatic carbocycles. The van der Waals surface area contributed by atoms with Gasteiger partial charge in [-0.15, -0.1) is 12.1 Å². The van der Waals surface area contributed by atoms with Crippen LogP contribution < -0.4 is 0 Å². The maximum absolute atomic E-state index is 3.74. The molecular weight excluding hydrogens is 69.7 g/mol. The van der Waals surface area contributed by atoms with Crippen molar-refractivity contribution in [3.05, 3.63) is 12.1 Å². The van der Waals surface area contributed by atoms with Crippen LogP contribution in [-0.4, -0.2) is 15.7 Å². The smallest absolute Gasteiger partial charge is 0.118 e. The highest BCUT2D eigenvalue weighted by molar-refractivity contribution is 6.21. The Kier molecular flexibility index (Phi) is 3.01. The van der Waals surface area contributed by atoms with E-state index in [1.54, 1.807) is 0 Å². The van der Waals surface area contributed by atoms with Crippen LogP contribution in [0.2, 0.25) is 6.32 Å². The van der Waals surface area contributed by atoms with Crippen molar-refractivity contribution < 1.29 is 0 Å². The van der Waals surface area contributed by atoms with Crippen molar-refractivity contribution in [3.63, 3.8) is 0 Å². The van der Waals surface area contributed by atoms with Crippen molar-refractivity contribution in [1.29, 1.82) is 0 Å². The molecule has 0 amide bonds. The Morgan fingerprint density at radius 1 is 1.67 bits per heavy atom. The molecule has 0 rings (SSSR count). The molecule has 0 N–H and O–H groups in total. The Morgan fingerprint density at radius 2 is 2.17 bits per heavy atom. The summed E-state index contributed by atoms with van der Waals surface area (Å²) in [4.78, 5) is 0. The van der Waals surface area contributed by atoms with Crippen molar-refractivity contribution in [2.75, 3.05) is 0 Å². The number of hydrogen-bond donors (Lipinski definition) is 0. The molecular formula is C4H10B2. The van der Waals surface area contributed by atoms with E-state index in [-0.39, 0.29) is 0 Å². The van der Waals surface area contributed by atoms with Gasteiger partial charge in [0.05, 0.1) is 0 Å². The average Bonchev–Trinajstić information content (AvgIpc) is 1.35. The molecule has 0 unspecified atom stereocenters. The third-order valence-corrected chi connectivity index (χ3v) is 0.677. The molecule has 0 saturated carbocycles. The third-order valence-electron chi connectivity index (χ3n) is 0.677. The molecule has 0 atom stereocenters. The van der Waals surface area contributed by atoms with Gasteiger partial charge in [0.25, 0.3) is 0 Å². The van der Waals surface area contributed by atoms with E-state index >= 15 is 0 Å². The van der Waals surface area contributed by atoms with Crippen molar-refractivity contribution in [2.45, 2.75) is 12.7 Å². The fourth-order valence-electron chi connectivity index (χ4n) is 0.427. The minimum atomic E-state index is 1.18. The van der Waals surface area contributed by atoms with Crippen LogP contribution in [0.3, 0.4) is 0 Å². The van der Waals surface area contributed by atoms with Gasteiger partial charge < -0.3 is 0 Å². The van der Waals surface area contributed by atoms with E-state index in [0.29, 0.717) is 0 Å². The summed E-state index contributed by atoms with van der Waals surface area (Å²) in [5, 5.41) is 0. The summed E-state index contributed by atoms with van der Waals surface area (Å²) in [5.41, 5.74) is 1.29. The van der Waals surface area contributed by atoms with Crippen LogP contribution in [0.4, 0.5) is 0 Å². The Hall–Kier alpha value is -0.130. The quantitative estimate of drug-likeness (QED) is 0.395. The summed E-state index contributed by atoms with van der Waals surface area (Å²) in [6, 6.07) is 0. The van der Waals surface area contributed by atoms with Crippen LogP contribution in [0.15, 0.2) is 12.1 Å². The zero-order chi connectivity index (χ0) is 4.99. The van der Waals surface area contributed by atoms with Gasteiger partial charge in [-0.2, -0.15) is 0 Å². The molecule has 0 radical (unpaired) electrons. The van der Waals surface area contributed by atoms with E-state index in [1.165, 1.54) is 18.2 Å². The number of allylic oxidation sites excluding steroid dienone is 1. The molecule has 0 fully saturated rings. The molecule has 0 nitrogen and oxygen atoms in total. The summed E-state index contributed by atoms with van der Waals surface area (Å²) in [7, 11) is 4.22. The summed E-state index contributed by atoms with van der Waals surface area (Å²) < 4.78 is 0. The predicted molar refractivity (Wildman–Crippen MR) is 35.7 cm³/mol. The van der Waals surface area contributed by atoms with Gasteiger partial charge in [0.15, 0.2) is 0 Å². The third kappa shape index (κ3) is 3.87. The monoisotopic (exact) mass is 80.1 g/mol. The lowest BCUT2D eigenvalue weighted by atomic mass is 9.88. The fraction of sp³-hybridized carbons (Fsp3) is 0.500. The number of rotatable bonds is 2. The molecule has 6 heavy (non-hydrogen) atoms. The van der Waals surface area contributed by atoms with E-state index in [0.717, 1.165) is 0 Å². The second kappa shape index (κ2) is 3.08. The Bertz CT molecular complexity index is 49.5. The molecule has 0 heterocycles. The van der Waals surface area contributed by atoms with Gasteiger partial charge in [-0.05, 0) is 6.42 Å². The van der Waals surface area contributed by atoms with Crippen molar-refractivity contribution in [1.82, 2.24) is 0 Å². The zero-order valence-electron chi connectivity index (χ0n) is 4.62. The first-order valence-electron chi connectivity index (χ1n) is 2.41. The van der Waals surface area contributed by atoms with E-state index in [1.807, 2.05) is 0 Å². The fourth-order valence-corrected chi connectivity index (χ4v) is 0.427. The first-order chi connectivity index (χ1) is 2.77. The average molecular weight is 79.7 g/mol. The normalized spacial score (nSPS) is 8.00. The SMILES string of the molecule is BCCC(B)=C. The highest BCUT2D eigenvalue weighted by atomic mass is 13.7. The van der Waals surface area contributed by atoms with Crippen LogP contribution in [0.25, 0.3) is 0 Å². The van der Waals surface area contributed by atoms with Gasteiger partial charge in [-0.1, -0.05) is 6.32 Å². The maximum atomic E-state index is 3.74. The highest BCUT2D eigenvalue weighted by Crippen LogP contribution is 1.91. The van der Waals surface area contributed by atoms with Gasteiger partial charge in [0, 0.05) is 0 Å². The summed E-state index contributed by atoms with van der Waals surface area (Å²) >= 11 is 0. The summed E-state index contributed by atoms with van der Waals surface area (Å²) in [6.45, 7) is 3.74. The van der Waals surface area contributed by atoms with Crippen LogP contribution >= 0.6 is 0 Å². The van der Waals surface area contributed by atoms with Crippen molar-refractivity contribution in [3.8, 4) is 0 Å². The molecule has 0 saturated heterocycles. The molecule has 0 aromatic rings. The summed E-state index contributed by atoms with van der Waals surface area (Å²) in [5.74, 6) is 0. The van der Waals surface area contributed by atoms with Crippen LogP contribution in [0.1, 0.15) is 6.42 Å².